The molecule has 0 unspecified atom stereocenters. The smallest absolute Gasteiger partial charge is 0.255 e. The second kappa shape index (κ2) is 7.25. The molecule has 0 aliphatic carbocycles. The van der Waals surface area contributed by atoms with Crippen LogP contribution in [0.4, 0.5) is 5.69 Å². The molecule has 0 spiro atoms. The number of carbonyl (C=O) groups is 1. The largest absolute Gasteiger partial charge is 0.322 e. The minimum atomic E-state index is -3.51. The van der Waals surface area contributed by atoms with Crippen LogP contribution in [0.3, 0.4) is 0 Å². The molecule has 2 rings (SSSR count). The first-order valence-corrected chi connectivity index (χ1v) is 9.28. The molecule has 122 valence electrons. The summed E-state index contributed by atoms with van der Waals surface area (Å²) < 4.78 is 27.1. The van der Waals surface area contributed by atoms with E-state index in [9.17, 15) is 13.2 Å². The highest BCUT2D eigenvalue weighted by atomic mass is 79.9. The summed E-state index contributed by atoms with van der Waals surface area (Å²) in [6, 6.07) is 11.3. The lowest BCUT2D eigenvalue weighted by atomic mass is 10.2. The van der Waals surface area contributed by atoms with Gasteiger partial charge in [-0.3, -0.25) is 4.79 Å². The fraction of sp³-hybridized carbons (Fsp3) is 0.188. The molecule has 0 radical (unpaired) electrons. The van der Waals surface area contributed by atoms with E-state index in [4.69, 9.17) is 0 Å². The first-order valence-electron chi connectivity index (χ1n) is 7.00. The molecule has 23 heavy (non-hydrogen) atoms. The van der Waals surface area contributed by atoms with Crippen LogP contribution >= 0.6 is 15.9 Å². The van der Waals surface area contributed by atoms with Gasteiger partial charge in [0.25, 0.3) is 5.91 Å². The molecule has 0 fully saturated rings. The lowest BCUT2D eigenvalue weighted by molar-refractivity contribution is 0.102. The molecular weight excluding hydrogens is 380 g/mol. The SMILES string of the molecule is CCNS(=O)(=O)c1ccc(C(=O)Nc2ccc(Br)c(C)c2)cc1. The number of halogens is 1. The molecule has 0 heterocycles. The molecule has 0 saturated heterocycles. The zero-order chi connectivity index (χ0) is 17.0. The number of aryl methyl sites for hydroxylation is 1. The number of benzene rings is 2. The average molecular weight is 397 g/mol. The minimum Gasteiger partial charge on any atom is -0.322 e. The van der Waals surface area contributed by atoms with E-state index >= 15 is 0 Å². The van der Waals surface area contributed by atoms with E-state index in [1.807, 2.05) is 19.1 Å². The lowest BCUT2D eigenvalue weighted by Gasteiger charge is -2.08. The second-order valence-electron chi connectivity index (χ2n) is 4.94. The Morgan fingerprint density at radius 3 is 2.35 bits per heavy atom. The van der Waals surface area contributed by atoms with Crippen molar-refractivity contribution in [3.05, 3.63) is 58.1 Å². The van der Waals surface area contributed by atoms with Gasteiger partial charge in [0.05, 0.1) is 4.90 Å². The summed E-state index contributed by atoms with van der Waals surface area (Å²) in [5.41, 5.74) is 2.08. The van der Waals surface area contributed by atoms with E-state index in [1.54, 1.807) is 13.0 Å². The predicted molar refractivity (Wildman–Crippen MR) is 94.1 cm³/mol. The minimum absolute atomic E-state index is 0.135. The molecule has 0 atom stereocenters. The first kappa shape index (κ1) is 17.7. The van der Waals surface area contributed by atoms with E-state index in [1.165, 1.54) is 24.3 Å². The van der Waals surface area contributed by atoms with Crippen LogP contribution < -0.4 is 10.0 Å². The Hall–Kier alpha value is -1.70. The zero-order valence-electron chi connectivity index (χ0n) is 12.8. The van der Waals surface area contributed by atoms with Gasteiger partial charge in [0.1, 0.15) is 0 Å². The van der Waals surface area contributed by atoms with Gasteiger partial charge in [0.15, 0.2) is 0 Å². The Kier molecular flexibility index (Phi) is 5.56. The molecule has 5 nitrogen and oxygen atoms in total. The van der Waals surface area contributed by atoms with Crippen molar-refractivity contribution < 1.29 is 13.2 Å². The molecule has 0 saturated carbocycles. The molecule has 0 aliphatic heterocycles. The van der Waals surface area contributed by atoms with Crippen molar-refractivity contribution in [1.82, 2.24) is 4.72 Å². The molecular formula is C16H17BrN2O3S. The van der Waals surface area contributed by atoms with E-state index in [0.717, 1.165) is 10.0 Å². The van der Waals surface area contributed by atoms with Gasteiger partial charge in [-0.1, -0.05) is 22.9 Å². The lowest BCUT2D eigenvalue weighted by Crippen LogP contribution is -2.23. The molecule has 0 bridgehead atoms. The third kappa shape index (κ3) is 4.40. The van der Waals surface area contributed by atoms with Gasteiger partial charge in [0.2, 0.25) is 10.0 Å². The van der Waals surface area contributed by atoms with Crippen molar-refractivity contribution in [2.75, 3.05) is 11.9 Å². The Balaban J connectivity index is 2.15. The highest BCUT2D eigenvalue weighted by Gasteiger charge is 2.13. The maximum absolute atomic E-state index is 12.2. The van der Waals surface area contributed by atoms with Crippen molar-refractivity contribution >= 4 is 37.5 Å². The van der Waals surface area contributed by atoms with Gasteiger partial charge in [-0.15, -0.1) is 0 Å². The van der Waals surface area contributed by atoms with Gasteiger partial charge in [-0.2, -0.15) is 0 Å². The van der Waals surface area contributed by atoms with Crippen molar-refractivity contribution in [1.29, 1.82) is 0 Å². The summed E-state index contributed by atoms with van der Waals surface area (Å²) in [6.45, 7) is 3.95. The van der Waals surface area contributed by atoms with Gasteiger partial charge in [-0.25, -0.2) is 13.1 Å². The van der Waals surface area contributed by atoms with Crippen molar-refractivity contribution in [3.8, 4) is 0 Å². The number of nitrogens with one attached hydrogen (secondary N) is 2. The number of anilines is 1. The normalized spacial score (nSPS) is 11.3. The highest BCUT2D eigenvalue weighted by Crippen LogP contribution is 2.20. The predicted octanol–water partition coefficient (Wildman–Crippen LogP) is 3.31. The fourth-order valence-electron chi connectivity index (χ4n) is 1.98. The van der Waals surface area contributed by atoms with Crippen LogP contribution in [-0.4, -0.2) is 20.9 Å². The molecule has 2 aromatic rings. The van der Waals surface area contributed by atoms with Crippen LogP contribution in [0.1, 0.15) is 22.8 Å². The molecule has 1 amide bonds. The molecule has 0 aromatic heterocycles. The van der Waals surface area contributed by atoms with Crippen molar-refractivity contribution in [3.63, 3.8) is 0 Å². The van der Waals surface area contributed by atoms with Gasteiger partial charge in [-0.05, 0) is 55.0 Å². The van der Waals surface area contributed by atoms with Crippen molar-refractivity contribution in [2.24, 2.45) is 0 Å². The number of sulfonamides is 1. The standard InChI is InChI=1S/C16H17BrN2O3S/c1-3-18-23(21,22)14-7-4-12(5-8-14)16(20)19-13-6-9-15(17)11(2)10-13/h4-10,18H,3H2,1-2H3,(H,19,20). The van der Waals surface area contributed by atoms with Gasteiger partial charge < -0.3 is 5.32 Å². The molecule has 2 aromatic carbocycles. The summed E-state index contributed by atoms with van der Waals surface area (Å²) in [7, 11) is -3.51. The zero-order valence-corrected chi connectivity index (χ0v) is 15.2. The third-order valence-electron chi connectivity index (χ3n) is 3.18. The van der Waals surface area contributed by atoms with Crippen LogP contribution in [-0.2, 0) is 10.0 Å². The summed E-state index contributed by atoms with van der Waals surface area (Å²) in [5.74, 6) is -0.292. The maximum atomic E-state index is 12.2. The molecule has 0 aliphatic rings. The topological polar surface area (TPSA) is 75.3 Å². The van der Waals surface area contributed by atoms with E-state index in [-0.39, 0.29) is 10.8 Å². The third-order valence-corrected chi connectivity index (χ3v) is 5.63. The first-order chi connectivity index (χ1) is 10.8. The summed E-state index contributed by atoms with van der Waals surface area (Å²) in [4.78, 5) is 12.3. The monoisotopic (exact) mass is 396 g/mol. The number of hydrogen-bond acceptors (Lipinski definition) is 3. The summed E-state index contributed by atoms with van der Waals surface area (Å²) >= 11 is 3.40. The number of rotatable bonds is 5. The number of carbonyl (C=O) groups excluding carboxylic acids is 1. The Morgan fingerprint density at radius 2 is 1.78 bits per heavy atom. The van der Waals surface area contributed by atoms with Crippen LogP contribution in [0, 0.1) is 6.92 Å². The van der Waals surface area contributed by atoms with Gasteiger partial charge in [0, 0.05) is 22.3 Å². The molecule has 2 N–H and O–H groups in total. The fourth-order valence-corrected chi connectivity index (χ4v) is 3.27. The average Bonchev–Trinajstić information content (AvgIpc) is 2.51. The summed E-state index contributed by atoms with van der Waals surface area (Å²) in [6.07, 6.45) is 0. The number of hydrogen-bond donors (Lipinski definition) is 2. The van der Waals surface area contributed by atoms with Crippen LogP contribution in [0.2, 0.25) is 0 Å². The van der Waals surface area contributed by atoms with Crippen molar-refractivity contribution in [2.45, 2.75) is 18.7 Å². The van der Waals surface area contributed by atoms with Crippen LogP contribution in [0.25, 0.3) is 0 Å². The second-order valence-corrected chi connectivity index (χ2v) is 7.57. The van der Waals surface area contributed by atoms with E-state index in [0.29, 0.717) is 17.8 Å². The summed E-state index contributed by atoms with van der Waals surface area (Å²) in [5, 5.41) is 2.78. The quantitative estimate of drug-likeness (QED) is 0.813. The molecule has 7 heteroatoms. The Morgan fingerprint density at radius 1 is 1.13 bits per heavy atom. The van der Waals surface area contributed by atoms with Crippen LogP contribution in [0.15, 0.2) is 51.8 Å². The number of amides is 1. The van der Waals surface area contributed by atoms with Crippen LogP contribution in [0.5, 0.6) is 0 Å². The maximum Gasteiger partial charge on any atom is 0.255 e. The highest BCUT2D eigenvalue weighted by molar-refractivity contribution is 9.10. The Bertz CT molecular complexity index is 818. The Labute approximate surface area is 144 Å². The van der Waals surface area contributed by atoms with Gasteiger partial charge >= 0.3 is 0 Å². The van der Waals surface area contributed by atoms with E-state index in [2.05, 4.69) is 26.0 Å². The van der Waals surface area contributed by atoms with E-state index < -0.39 is 10.0 Å².